The number of benzene rings is 1. The third kappa shape index (κ3) is 4.03. The van der Waals surface area contributed by atoms with Gasteiger partial charge in [-0.15, -0.1) is 0 Å². The number of fused-ring (bicyclic) bond motifs is 1. The zero-order chi connectivity index (χ0) is 19.4. The van der Waals surface area contributed by atoms with Gasteiger partial charge < -0.3 is 5.32 Å². The Morgan fingerprint density at radius 3 is 2.70 bits per heavy atom. The van der Waals surface area contributed by atoms with E-state index < -0.39 is 0 Å². The summed E-state index contributed by atoms with van der Waals surface area (Å²) in [7, 11) is 0. The number of para-hydroxylation sites is 1. The lowest BCUT2D eigenvalue weighted by atomic mass is 10.2. The van der Waals surface area contributed by atoms with Crippen LogP contribution in [0.25, 0.3) is 10.9 Å². The van der Waals surface area contributed by atoms with Crippen molar-refractivity contribution in [2.75, 3.05) is 5.32 Å². The minimum Gasteiger partial charge on any atom is -0.310 e. The first kappa shape index (κ1) is 19.1. The molecule has 1 aromatic carbocycles. The van der Waals surface area contributed by atoms with Crippen molar-refractivity contribution in [2.45, 2.75) is 44.1 Å². The molecule has 1 atom stereocenters. The average molecular weight is 382 g/mol. The lowest BCUT2D eigenvalue weighted by Crippen LogP contribution is -2.28. The van der Waals surface area contributed by atoms with Gasteiger partial charge in [-0.05, 0) is 44.0 Å². The van der Waals surface area contributed by atoms with Crippen molar-refractivity contribution in [1.82, 2.24) is 14.5 Å². The number of hydrogen-bond acceptors (Lipinski definition) is 5. The minimum absolute atomic E-state index is 0.0820. The van der Waals surface area contributed by atoms with Gasteiger partial charge in [0.2, 0.25) is 5.91 Å². The Balaban J connectivity index is 1.91. The number of carbonyl (C=O) groups is 1. The second-order valence-electron chi connectivity index (χ2n) is 6.13. The molecule has 0 aliphatic heterocycles. The molecule has 140 valence electrons. The van der Waals surface area contributed by atoms with Gasteiger partial charge in [-0.2, -0.15) is 0 Å². The Hall–Kier alpha value is -2.67. The van der Waals surface area contributed by atoms with E-state index in [2.05, 4.69) is 15.3 Å². The van der Waals surface area contributed by atoms with Crippen LogP contribution in [0.2, 0.25) is 0 Å². The molecular formula is C20H22N4O2S. The van der Waals surface area contributed by atoms with Crippen LogP contribution in [-0.2, 0) is 11.3 Å². The minimum atomic E-state index is -0.378. The molecule has 1 unspecified atom stereocenters. The highest BCUT2D eigenvalue weighted by Gasteiger charge is 2.22. The van der Waals surface area contributed by atoms with Crippen molar-refractivity contribution in [3.63, 3.8) is 0 Å². The van der Waals surface area contributed by atoms with Crippen molar-refractivity contribution in [2.24, 2.45) is 0 Å². The van der Waals surface area contributed by atoms with Crippen LogP contribution in [0.3, 0.4) is 0 Å². The van der Waals surface area contributed by atoms with Crippen molar-refractivity contribution in [3.05, 3.63) is 58.5 Å². The van der Waals surface area contributed by atoms with Gasteiger partial charge in [0.1, 0.15) is 5.82 Å². The molecular weight excluding hydrogens is 360 g/mol. The lowest BCUT2D eigenvalue weighted by molar-refractivity contribution is -0.115. The van der Waals surface area contributed by atoms with Crippen molar-refractivity contribution in [1.29, 1.82) is 0 Å². The van der Waals surface area contributed by atoms with Gasteiger partial charge in [0.15, 0.2) is 5.16 Å². The SMILES string of the molecule is CCC(Sc1nc2ccccc2c(=O)n1CC)C(=O)Nc1ncccc1C. The zero-order valence-corrected chi connectivity index (χ0v) is 16.4. The van der Waals surface area contributed by atoms with E-state index in [9.17, 15) is 9.59 Å². The summed E-state index contributed by atoms with van der Waals surface area (Å²) in [5, 5.41) is 3.65. The van der Waals surface area contributed by atoms with Crippen LogP contribution in [0.15, 0.2) is 52.5 Å². The predicted octanol–water partition coefficient (Wildman–Crippen LogP) is 3.63. The number of thioether (sulfide) groups is 1. The van der Waals surface area contributed by atoms with Crippen LogP contribution in [-0.4, -0.2) is 25.7 Å². The molecule has 0 saturated heterocycles. The number of carbonyl (C=O) groups excluding carboxylic acids is 1. The Bertz CT molecular complexity index is 1030. The number of hydrogen-bond donors (Lipinski definition) is 1. The van der Waals surface area contributed by atoms with E-state index in [0.29, 0.717) is 34.8 Å². The highest BCUT2D eigenvalue weighted by molar-refractivity contribution is 8.00. The van der Waals surface area contributed by atoms with Crippen molar-refractivity contribution in [3.8, 4) is 0 Å². The lowest BCUT2D eigenvalue weighted by Gasteiger charge is -2.17. The molecule has 7 heteroatoms. The van der Waals surface area contributed by atoms with Gasteiger partial charge in [-0.3, -0.25) is 14.2 Å². The Kier molecular flexibility index (Phi) is 5.91. The highest BCUT2D eigenvalue weighted by Crippen LogP contribution is 2.26. The van der Waals surface area contributed by atoms with Gasteiger partial charge in [0.05, 0.1) is 16.2 Å². The molecule has 2 heterocycles. The summed E-state index contributed by atoms with van der Waals surface area (Å²) in [5.74, 6) is 0.412. The predicted molar refractivity (Wildman–Crippen MR) is 109 cm³/mol. The summed E-state index contributed by atoms with van der Waals surface area (Å²) in [5.41, 5.74) is 1.46. The number of amides is 1. The molecule has 0 aliphatic rings. The van der Waals surface area contributed by atoms with Gasteiger partial charge in [0, 0.05) is 12.7 Å². The molecule has 0 fully saturated rings. The first-order valence-electron chi connectivity index (χ1n) is 8.93. The van der Waals surface area contributed by atoms with E-state index in [0.717, 1.165) is 5.56 Å². The van der Waals surface area contributed by atoms with Crippen LogP contribution >= 0.6 is 11.8 Å². The Labute approximate surface area is 162 Å². The number of nitrogens with zero attached hydrogens (tertiary/aromatic N) is 3. The van der Waals surface area contributed by atoms with Crippen LogP contribution in [0, 0.1) is 6.92 Å². The molecule has 0 spiro atoms. The quantitative estimate of drug-likeness (QED) is 0.520. The molecule has 1 N–H and O–H groups in total. The Morgan fingerprint density at radius 2 is 2.00 bits per heavy atom. The van der Waals surface area contributed by atoms with E-state index in [1.54, 1.807) is 16.8 Å². The maximum absolute atomic E-state index is 12.8. The molecule has 3 rings (SSSR count). The van der Waals surface area contributed by atoms with Crippen LogP contribution in [0.4, 0.5) is 5.82 Å². The number of anilines is 1. The standard InChI is InChI=1S/C20H22N4O2S/c1-4-16(18(25)23-17-13(3)9-8-12-21-17)27-20-22-15-11-7-6-10-14(15)19(26)24(20)5-2/h6-12,16H,4-5H2,1-3H3,(H,21,23,25). The number of nitrogens with one attached hydrogen (secondary N) is 1. The summed E-state index contributed by atoms with van der Waals surface area (Å²) >= 11 is 1.31. The van der Waals surface area contributed by atoms with Crippen molar-refractivity contribution < 1.29 is 4.79 Å². The summed E-state index contributed by atoms with van der Waals surface area (Å²) in [4.78, 5) is 34.4. The number of rotatable bonds is 6. The molecule has 2 aromatic heterocycles. The van der Waals surface area contributed by atoms with E-state index in [-0.39, 0.29) is 16.7 Å². The molecule has 0 saturated carbocycles. The number of pyridine rings is 1. The maximum Gasteiger partial charge on any atom is 0.262 e. The van der Waals surface area contributed by atoms with E-state index in [1.165, 1.54) is 11.8 Å². The van der Waals surface area contributed by atoms with Crippen LogP contribution in [0.5, 0.6) is 0 Å². The number of aromatic nitrogens is 3. The first-order chi connectivity index (χ1) is 13.0. The molecule has 3 aromatic rings. The van der Waals surface area contributed by atoms with Crippen LogP contribution in [0.1, 0.15) is 25.8 Å². The third-order valence-electron chi connectivity index (χ3n) is 4.30. The average Bonchev–Trinajstić information content (AvgIpc) is 2.68. The fourth-order valence-electron chi connectivity index (χ4n) is 2.78. The fourth-order valence-corrected chi connectivity index (χ4v) is 3.86. The van der Waals surface area contributed by atoms with Gasteiger partial charge >= 0.3 is 0 Å². The molecule has 27 heavy (non-hydrogen) atoms. The fraction of sp³-hybridized carbons (Fsp3) is 0.300. The molecule has 0 radical (unpaired) electrons. The summed E-state index contributed by atoms with van der Waals surface area (Å²) < 4.78 is 1.62. The summed E-state index contributed by atoms with van der Waals surface area (Å²) in [6.07, 6.45) is 2.26. The van der Waals surface area contributed by atoms with Gasteiger partial charge in [-0.1, -0.05) is 36.9 Å². The highest BCUT2D eigenvalue weighted by atomic mass is 32.2. The van der Waals surface area contributed by atoms with Crippen molar-refractivity contribution >= 4 is 34.4 Å². The van der Waals surface area contributed by atoms with Gasteiger partial charge in [-0.25, -0.2) is 9.97 Å². The Morgan fingerprint density at radius 1 is 1.22 bits per heavy atom. The van der Waals surface area contributed by atoms with Gasteiger partial charge in [0.25, 0.3) is 5.56 Å². The molecule has 0 bridgehead atoms. The first-order valence-corrected chi connectivity index (χ1v) is 9.81. The van der Waals surface area contributed by atoms with Crippen LogP contribution < -0.4 is 10.9 Å². The second kappa shape index (κ2) is 8.35. The summed E-state index contributed by atoms with van der Waals surface area (Å²) in [6, 6.07) is 11.0. The topological polar surface area (TPSA) is 76.9 Å². The zero-order valence-electron chi connectivity index (χ0n) is 15.6. The monoisotopic (exact) mass is 382 g/mol. The van der Waals surface area contributed by atoms with E-state index in [4.69, 9.17) is 0 Å². The number of aryl methyl sites for hydroxylation is 1. The second-order valence-corrected chi connectivity index (χ2v) is 7.30. The molecule has 1 amide bonds. The molecule has 6 nitrogen and oxygen atoms in total. The van der Waals surface area contributed by atoms with E-state index >= 15 is 0 Å². The maximum atomic E-state index is 12.8. The third-order valence-corrected chi connectivity index (χ3v) is 5.66. The normalized spacial score (nSPS) is 12.1. The summed E-state index contributed by atoms with van der Waals surface area (Å²) in [6.45, 7) is 6.24. The smallest absolute Gasteiger partial charge is 0.262 e. The van der Waals surface area contributed by atoms with E-state index in [1.807, 2.05) is 51.1 Å². The molecule has 0 aliphatic carbocycles. The largest absolute Gasteiger partial charge is 0.310 e.